The number of carbonyl (C=O) groups excluding carboxylic acids is 1. The first-order valence-corrected chi connectivity index (χ1v) is 7.30. The van der Waals surface area contributed by atoms with Crippen molar-refractivity contribution in [2.75, 3.05) is 32.1 Å². The Morgan fingerprint density at radius 1 is 1.18 bits per heavy atom. The quantitative estimate of drug-likeness (QED) is 0.733. The standard InChI is InChI=1S/C17H21N3O2/c1-22-12-11-18-15-8-10-19-16(13-15)17(21)20-9-7-14-5-3-2-4-6-14/h2-6,8,10,13H,7,9,11-12H2,1H3,(H,18,19)(H,20,21). The van der Waals surface area contributed by atoms with Crippen LogP contribution in [0.15, 0.2) is 48.7 Å². The van der Waals surface area contributed by atoms with E-state index in [2.05, 4.69) is 15.6 Å². The molecule has 0 aliphatic heterocycles. The van der Waals surface area contributed by atoms with Gasteiger partial charge in [0.25, 0.3) is 5.91 Å². The molecule has 1 heterocycles. The number of nitrogens with zero attached hydrogens (tertiary/aromatic N) is 1. The van der Waals surface area contributed by atoms with Gasteiger partial charge in [-0.3, -0.25) is 9.78 Å². The Morgan fingerprint density at radius 2 is 2.00 bits per heavy atom. The van der Waals surface area contributed by atoms with Crippen LogP contribution < -0.4 is 10.6 Å². The first kappa shape index (κ1) is 16.0. The van der Waals surface area contributed by atoms with E-state index in [1.54, 1.807) is 19.4 Å². The van der Waals surface area contributed by atoms with Gasteiger partial charge in [0.05, 0.1) is 6.61 Å². The molecule has 116 valence electrons. The average Bonchev–Trinajstić information content (AvgIpc) is 2.56. The molecule has 2 N–H and O–H groups in total. The van der Waals surface area contributed by atoms with Crippen LogP contribution in [0.3, 0.4) is 0 Å². The predicted octanol–water partition coefficient (Wildman–Crippen LogP) is 2.11. The number of ether oxygens (including phenoxy) is 1. The number of benzene rings is 1. The summed E-state index contributed by atoms with van der Waals surface area (Å²) < 4.78 is 4.98. The lowest BCUT2D eigenvalue weighted by molar-refractivity contribution is 0.0949. The lowest BCUT2D eigenvalue weighted by atomic mass is 10.1. The minimum absolute atomic E-state index is 0.161. The maximum absolute atomic E-state index is 12.1. The number of carbonyl (C=O) groups is 1. The smallest absolute Gasteiger partial charge is 0.269 e. The highest BCUT2D eigenvalue weighted by atomic mass is 16.5. The zero-order chi connectivity index (χ0) is 15.6. The van der Waals surface area contributed by atoms with E-state index in [1.807, 2.05) is 36.4 Å². The molecule has 0 bridgehead atoms. The van der Waals surface area contributed by atoms with Crippen molar-refractivity contribution in [2.24, 2.45) is 0 Å². The van der Waals surface area contributed by atoms with Gasteiger partial charge < -0.3 is 15.4 Å². The summed E-state index contributed by atoms with van der Waals surface area (Å²) in [5.74, 6) is -0.161. The van der Waals surface area contributed by atoms with Crippen LogP contribution in [0.25, 0.3) is 0 Å². The Balaban J connectivity index is 1.82. The van der Waals surface area contributed by atoms with Crippen LogP contribution in [0.5, 0.6) is 0 Å². The molecule has 2 rings (SSSR count). The number of hydrogen-bond acceptors (Lipinski definition) is 4. The first-order chi connectivity index (χ1) is 10.8. The van der Waals surface area contributed by atoms with Crippen molar-refractivity contribution in [2.45, 2.75) is 6.42 Å². The number of hydrogen-bond donors (Lipinski definition) is 2. The van der Waals surface area contributed by atoms with Crippen molar-refractivity contribution in [1.82, 2.24) is 10.3 Å². The fourth-order valence-corrected chi connectivity index (χ4v) is 2.02. The molecular weight excluding hydrogens is 278 g/mol. The van der Waals surface area contributed by atoms with Crippen LogP contribution in [0, 0.1) is 0 Å². The molecule has 1 aromatic heterocycles. The molecule has 2 aromatic rings. The van der Waals surface area contributed by atoms with Gasteiger partial charge in [-0.15, -0.1) is 0 Å². The van der Waals surface area contributed by atoms with Gasteiger partial charge in [0.2, 0.25) is 0 Å². The van der Waals surface area contributed by atoms with Crippen LogP contribution in [-0.4, -0.2) is 37.7 Å². The first-order valence-electron chi connectivity index (χ1n) is 7.30. The summed E-state index contributed by atoms with van der Waals surface area (Å²) in [5, 5.41) is 6.07. The third kappa shape index (κ3) is 5.18. The van der Waals surface area contributed by atoms with E-state index in [-0.39, 0.29) is 5.91 Å². The molecule has 0 atom stereocenters. The van der Waals surface area contributed by atoms with Crippen molar-refractivity contribution in [3.8, 4) is 0 Å². The lowest BCUT2D eigenvalue weighted by Crippen LogP contribution is -2.26. The Labute approximate surface area is 130 Å². The number of aromatic nitrogens is 1. The number of rotatable bonds is 8. The van der Waals surface area contributed by atoms with E-state index in [0.29, 0.717) is 25.4 Å². The number of anilines is 1. The van der Waals surface area contributed by atoms with E-state index in [1.165, 1.54) is 5.56 Å². The molecular formula is C17H21N3O2. The SMILES string of the molecule is COCCNc1ccnc(C(=O)NCCc2ccccc2)c1. The topological polar surface area (TPSA) is 63.2 Å². The number of amides is 1. The highest BCUT2D eigenvalue weighted by Gasteiger charge is 2.07. The molecule has 0 spiro atoms. The number of pyridine rings is 1. The van der Waals surface area contributed by atoms with Crippen molar-refractivity contribution in [1.29, 1.82) is 0 Å². The van der Waals surface area contributed by atoms with E-state index in [0.717, 1.165) is 12.1 Å². The van der Waals surface area contributed by atoms with E-state index < -0.39 is 0 Å². The van der Waals surface area contributed by atoms with Crippen molar-refractivity contribution in [3.05, 3.63) is 59.9 Å². The number of methoxy groups -OCH3 is 1. The van der Waals surface area contributed by atoms with E-state index in [9.17, 15) is 4.79 Å². The van der Waals surface area contributed by atoms with Crippen molar-refractivity contribution >= 4 is 11.6 Å². The van der Waals surface area contributed by atoms with Gasteiger partial charge in [0, 0.05) is 32.1 Å². The summed E-state index contributed by atoms with van der Waals surface area (Å²) in [7, 11) is 1.65. The summed E-state index contributed by atoms with van der Waals surface area (Å²) in [6, 6.07) is 13.6. The molecule has 5 nitrogen and oxygen atoms in total. The Hall–Kier alpha value is -2.40. The molecule has 0 aliphatic rings. The van der Waals surface area contributed by atoms with Crippen LogP contribution in [0.2, 0.25) is 0 Å². The van der Waals surface area contributed by atoms with Gasteiger partial charge in [0.1, 0.15) is 5.69 Å². The van der Waals surface area contributed by atoms with Gasteiger partial charge in [0.15, 0.2) is 0 Å². The lowest BCUT2D eigenvalue weighted by Gasteiger charge is -2.08. The molecule has 0 saturated heterocycles. The summed E-state index contributed by atoms with van der Waals surface area (Å²) in [6.07, 6.45) is 2.43. The summed E-state index contributed by atoms with van der Waals surface area (Å²) in [4.78, 5) is 16.2. The second-order valence-corrected chi connectivity index (χ2v) is 4.84. The van der Waals surface area contributed by atoms with Crippen molar-refractivity contribution < 1.29 is 9.53 Å². The van der Waals surface area contributed by atoms with E-state index >= 15 is 0 Å². The summed E-state index contributed by atoms with van der Waals surface area (Å²) in [6.45, 7) is 1.89. The van der Waals surface area contributed by atoms with Gasteiger partial charge in [-0.1, -0.05) is 30.3 Å². The molecule has 0 radical (unpaired) electrons. The second-order valence-electron chi connectivity index (χ2n) is 4.84. The highest BCUT2D eigenvalue weighted by Crippen LogP contribution is 2.07. The molecule has 22 heavy (non-hydrogen) atoms. The fraction of sp³-hybridized carbons (Fsp3) is 0.294. The zero-order valence-corrected chi connectivity index (χ0v) is 12.7. The maximum Gasteiger partial charge on any atom is 0.269 e. The van der Waals surface area contributed by atoms with Crippen LogP contribution in [-0.2, 0) is 11.2 Å². The summed E-state index contributed by atoms with van der Waals surface area (Å²) in [5.41, 5.74) is 2.47. The molecule has 1 aromatic carbocycles. The normalized spacial score (nSPS) is 10.2. The minimum atomic E-state index is -0.161. The predicted molar refractivity (Wildman–Crippen MR) is 87.1 cm³/mol. The van der Waals surface area contributed by atoms with Crippen molar-refractivity contribution in [3.63, 3.8) is 0 Å². The summed E-state index contributed by atoms with van der Waals surface area (Å²) >= 11 is 0. The van der Waals surface area contributed by atoms with Gasteiger partial charge in [-0.25, -0.2) is 0 Å². The highest BCUT2D eigenvalue weighted by molar-refractivity contribution is 5.93. The fourth-order valence-electron chi connectivity index (χ4n) is 2.02. The Kier molecular flexibility index (Phi) is 6.39. The molecule has 0 aliphatic carbocycles. The minimum Gasteiger partial charge on any atom is -0.383 e. The Bertz CT molecular complexity index is 587. The third-order valence-electron chi connectivity index (χ3n) is 3.17. The largest absolute Gasteiger partial charge is 0.383 e. The van der Waals surface area contributed by atoms with Crippen LogP contribution in [0.4, 0.5) is 5.69 Å². The van der Waals surface area contributed by atoms with Gasteiger partial charge >= 0.3 is 0 Å². The number of nitrogens with one attached hydrogen (secondary N) is 2. The average molecular weight is 299 g/mol. The monoisotopic (exact) mass is 299 g/mol. The molecule has 5 heteroatoms. The van der Waals surface area contributed by atoms with Gasteiger partial charge in [-0.2, -0.15) is 0 Å². The molecule has 0 saturated carbocycles. The van der Waals surface area contributed by atoms with E-state index in [4.69, 9.17) is 4.74 Å². The second kappa shape index (κ2) is 8.79. The molecule has 1 amide bonds. The van der Waals surface area contributed by atoms with Crippen LogP contribution >= 0.6 is 0 Å². The molecule has 0 unspecified atom stereocenters. The van der Waals surface area contributed by atoms with Gasteiger partial charge in [-0.05, 0) is 24.1 Å². The molecule has 0 fully saturated rings. The van der Waals surface area contributed by atoms with Crippen LogP contribution in [0.1, 0.15) is 16.1 Å². The Morgan fingerprint density at radius 3 is 2.77 bits per heavy atom. The maximum atomic E-state index is 12.1. The zero-order valence-electron chi connectivity index (χ0n) is 12.7. The third-order valence-corrected chi connectivity index (χ3v) is 3.17.